The van der Waals surface area contributed by atoms with Gasteiger partial charge >= 0.3 is 5.97 Å². The van der Waals surface area contributed by atoms with Crippen molar-refractivity contribution in [3.8, 4) is 0 Å². The predicted octanol–water partition coefficient (Wildman–Crippen LogP) is 1.16. The van der Waals surface area contributed by atoms with Crippen LogP contribution in [-0.2, 0) is 9.59 Å². The number of carbonyl (C=O) groups is 2. The first-order valence-corrected chi connectivity index (χ1v) is 6.06. The van der Waals surface area contributed by atoms with Crippen LogP contribution in [0.5, 0.6) is 0 Å². The maximum Gasteiger partial charge on any atom is 0.327 e. The van der Waals surface area contributed by atoms with Gasteiger partial charge < -0.3 is 10.4 Å². The number of hydrogen-bond acceptors (Lipinski definition) is 8. The summed E-state index contributed by atoms with van der Waals surface area (Å²) in [5, 5.41) is 11.0. The molecular weight excluding hydrogens is 270 g/mol. The van der Waals surface area contributed by atoms with Crippen LogP contribution in [0.2, 0.25) is 0 Å². The van der Waals surface area contributed by atoms with Crippen LogP contribution in [0.3, 0.4) is 0 Å². The van der Waals surface area contributed by atoms with Crippen molar-refractivity contribution < 1.29 is 14.7 Å². The van der Waals surface area contributed by atoms with Gasteiger partial charge in [0.15, 0.2) is 0 Å². The monoisotopic (exact) mass is 281 g/mol. The Kier molecular flexibility index (Phi) is 6.73. The van der Waals surface area contributed by atoms with Crippen LogP contribution in [0, 0.1) is 9.81 Å². The minimum absolute atomic E-state index is 0.181. The maximum atomic E-state index is 11.6. The van der Waals surface area contributed by atoms with Gasteiger partial charge in [-0.25, -0.2) is 4.79 Å². The zero-order valence-corrected chi connectivity index (χ0v) is 10.7. The maximum absolute atomic E-state index is 11.6. The van der Waals surface area contributed by atoms with E-state index in [-0.39, 0.29) is 5.75 Å². The second-order valence-electron chi connectivity index (χ2n) is 3.41. The molecule has 0 saturated heterocycles. The summed E-state index contributed by atoms with van der Waals surface area (Å²) >= 11 is 0.984. The number of amides is 1. The lowest BCUT2D eigenvalue weighted by Gasteiger charge is -2.21. The molecule has 0 aliphatic heterocycles. The molecule has 1 unspecified atom stereocenters. The van der Waals surface area contributed by atoms with Gasteiger partial charge in [0, 0.05) is 38.8 Å². The minimum atomic E-state index is -1.28. The molecule has 2 N–H and O–H groups in total. The van der Waals surface area contributed by atoms with Gasteiger partial charge in [0.05, 0.1) is 0 Å². The summed E-state index contributed by atoms with van der Waals surface area (Å²) < 4.78 is 3.80. The highest BCUT2D eigenvalue weighted by Crippen LogP contribution is 2.25. The molecule has 8 nitrogen and oxygen atoms in total. The molecule has 96 valence electrons. The number of nitrogens with one attached hydrogen (secondary N) is 1. The Morgan fingerprint density at radius 2 is 1.94 bits per heavy atom. The first-order valence-electron chi connectivity index (χ1n) is 4.34. The summed E-state index contributed by atoms with van der Waals surface area (Å²) in [7, 11) is 0. The van der Waals surface area contributed by atoms with Gasteiger partial charge in [0.1, 0.15) is 10.8 Å². The third-order valence-corrected chi connectivity index (χ3v) is 3.01. The molecular formula is C7H11N3O5S2. The van der Waals surface area contributed by atoms with Crippen LogP contribution in [0.1, 0.15) is 13.8 Å². The SMILES string of the molecule is CC(C)(SN=O)C(=O)NC(CSN=O)C(=O)O. The smallest absolute Gasteiger partial charge is 0.327 e. The highest BCUT2D eigenvalue weighted by Gasteiger charge is 2.33. The molecule has 0 aliphatic rings. The third-order valence-electron chi connectivity index (χ3n) is 1.71. The van der Waals surface area contributed by atoms with E-state index in [1.54, 1.807) is 0 Å². The molecule has 0 rings (SSSR count). The lowest BCUT2D eigenvalue weighted by Crippen LogP contribution is -2.49. The number of nitrogens with zero attached hydrogens (tertiary/aromatic N) is 2. The molecule has 0 aromatic carbocycles. The second kappa shape index (κ2) is 7.22. The zero-order valence-electron chi connectivity index (χ0n) is 9.08. The van der Waals surface area contributed by atoms with Gasteiger partial charge in [-0.15, -0.1) is 9.81 Å². The molecule has 0 bridgehead atoms. The Morgan fingerprint density at radius 3 is 2.35 bits per heavy atom. The van der Waals surface area contributed by atoms with Gasteiger partial charge in [-0.2, -0.15) is 0 Å². The van der Waals surface area contributed by atoms with Crippen molar-refractivity contribution in [2.75, 3.05) is 5.75 Å². The fourth-order valence-corrected chi connectivity index (χ4v) is 1.51. The van der Waals surface area contributed by atoms with Gasteiger partial charge in [0.2, 0.25) is 5.91 Å². The van der Waals surface area contributed by atoms with Crippen LogP contribution in [0.15, 0.2) is 9.16 Å². The van der Waals surface area contributed by atoms with Crippen LogP contribution < -0.4 is 5.32 Å². The Morgan fingerprint density at radius 1 is 1.35 bits per heavy atom. The summed E-state index contributed by atoms with van der Waals surface area (Å²) in [4.78, 5) is 42.3. The highest BCUT2D eigenvalue weighted by molar-refractivity contribution is 8.00. The molecule has 0 spiro atoms. The standard InChI is InChI=1S/C7H11N3O5S2/c1-7(2,17-10-15)6(13)8-4(5(11)12)3-16-9-14/h4H,3H2,1-2H3,(H,8,13)(H,11,12). The molecule has 10 heteroatoms. The lowest BCUT2D eigenvalue weighted by atomic mass is 10.2. The van der Waals surface area contributed by atoms with Crippen LogP contribution in [0.25, 0.3) is 0 Å². The Labute approximate surface area is 106 Å². The fourth-order valence-electron chi connectivity index (χ4n) is 0.746. The molecule has 0 aromatic heterocycles. The van der Waals surface area contributed by atoms with Crippen molar-refractivity contribution in [2.24, 2.45) is 9.16 Å². The molecule has 0 aromatic rings. The molecule has 0 aliphatic carbocycles. The van der Waals surface area contributed by atoms with Crippen LogP contribution >= 0.6 is 23.9 Å². The van der Waals surface area contributed by atoms with E-state index < -0.39 is 22.7 Å². The number of nitroso groups, excluding NO2 is 2. The van der Waals surface area contributed by atoms with Gasteiger partial charge in [-0.3, -0.25) is 4.79 Å². The van der Waals surface area contributed by atoms with Crippen molar-refractivity contribution in [2.45, 2.75) is 24.6 Å². The normalized spacial score (nSPS) is 12.6. The first kappa shape index (κ1) is 15.8. The molecule has 1 amide bonds. The third kappa shape index (κ3) is 5.63. The van der Waals surface area contributed by atoms with E-state index in [9.17, 15) is 19.4 Å². The van der Waals surface area contributed by atoms with Gasteiger partial charge in [-0.1, -0.05) is 0 Å². The number of carbonyl (C=O) groups excluding carboxylic acids is 1. The number of hydrogen-bond donors (Lipinski definition) is 2. The minimum Gasteiger partial charge on any atom is -0.480 e. The molecule has 0 fully saturated rings. The van der Waals surface area contributed by atoms with Crippen LogP contribution in [-0.4, -0.2) is 33.5 Å². The molecule has 0 saturated carbocycles. The number of aliphatic carboxylic acids is 1. The van der Waals surface area contributed by atoms with E-state index >= 15 is 0 Å². The van der Waals surface area contributed by atoms with E-state index in [0.29, 0.717) is 23.9 Å². The average molecular weight is 281 g/mol. The van der Waals surface area contributed by atoms with E-state index in [2.05, 4.69) is 14.5 Å². The van der Waals surface area contributed by atoms with E-state index in [0.717, 1.165) is 0 Å². The van der Waals surface area contributed by atoms with E-state index in [1.165, 1.54) is 13.8 Å². The second-order valence-corrected chi connectivity index (χ2v) is 5.50. The Hall–Kier alpha value is -1.16. The summed E-state index contributed by atoms with van der Waals surface area (Å²) in [6.07, 6.45) is 0. The average Bonchev–Trinajstić information content (AvgIpc) is 2.23. The number of carboxylic acids is 1. The van der Waals surface area contributed by atoms with Crippen molar-refractivity contribution >= 4 is 35.8 Å². The first-order chi connectivity index (χ1) is 7.85. The quantitative estimate of drug-likeness (QED) is 0.505. The summed E-state index contributed by atoms with van der Waals surface area (Å²) in [5.74, 6) is -2.12. The molecule has 0 radical (unpaired) electrons. The largest absolute Gasteiger partial charge is 0.480 e. The van der Waals surface area contributed by atoms with Gasteiger partial charge in [-0.05, 0) is 13.8 Å². The fraction of sp³-hybridized carbons (Fsp3) is 0.714. The lowest BCUT2D eigenvalue weighted by molar-refractivity contribution is -0.141. The van der Waals surface area contributed by atoms with E-state index in [4.69, 9.17) is 5.11 Å². The Balaban J connectivity index is 4.54. The summed E-state index contributed by atoms with van der Waals surface area (Å²) in [6, 6.07) is -1.24. The topological polar surface area (TPSA) is 125 Å². The highest BCUT2D eigenvalue weighted by atomic mass is 32.2. The Bertz CT molecular complexity index is 323. The van der Waals surface area contributed by atoms with Crippen molar-refractivity contribution in [3.63, 3.8) is 0 Å². The van der Waals surface area contributed by atoms with Crippen LogP contribution in [0.4, 0.5) is 0 Å². The molecule has 1 atom stereocenters. The summed E-state index contributed by atoms with van der Waals surface area (Å²) in [6.45, 7) is 2.86. The zero-order chi connectivity index (χ0) is 13.5. The van der Waals surface area contributed by atoms with Crippen molar-refractivity contribution in [1.82, 2.24) is 5.32 Å². The van der Waals surface area contributed by atoms with Crippen molar-refractivity contribution in [1.29, 1.82) is 0 Å². The molecule has 0 heterocycles. The number of rotatable bonds is 8. The van der Waals surface area contributed by atoms with E-state index in [1.807, 2.05) is 0 Å². The summed E-state index contributed by atoms with van der Waals surface area (Å²) in [5.41, 5.74) is 0. The predicted molar refractivity (Wildman–Crippen MR) is 65.3 cm³/mol. The molecule has 17 heavy (non-hydrogen) atoms. The van der Waals surface area contributed by atoms with Gasteiger partial charge in [0.25, 0.3) is 0 Å². The number of carboxylic acid groups (broad SMARTS) is 1. The van der Waals surface area contributed by atoms with Crippen molar-refractivity contribution in [3.05, 3.63) is 9.81 Å².